The summed E-state index contributed by atoms with van der Waals surface area (Å²) in [6, 6.07) is 5.73. The first-order chi connectivity index (χ1) is 9.16. The van der Waals surface area contributed by atoms with Crippen LogP contribution in [0.2, 0.25) is 0 Å². The first-order valence-corrected chi connectivity index (χ1v) is 6.64. The molecular formula is C14H20F2N2O. The van der Waals surface area contributed by atoms with Crippen molar-refractivity contribution in [1.82, 2.24) is 5.32 Å². The monoisotopic (exact) mass is 270 g/mol. The van der Waals surface area contributed by atoms with Gasteiger partial charge in [0.05, 0.1) is 0 Å². The molecule has 19 heavy (non-hydrogen) atoms. The molecule has 3 nitrogen and oxygen atoms in total. The van der Waals surface area contributed by atoms with E-state index in [1.54, 1.807) is 6.07 Å². The Morgan fingerprint density at radius 2 is 2.16 bits per heavy atom. The zero-order valence-corrected chi connectivity index (χ0v) is 11.2. The molecule has 1 heterocycles. The third-order valence-electron chi connectivity index (χ3n) is 3.23. The topological polar surface area (TPSA) is 24.5 Å². The lowest BCUT2D eigenvalue weighted by Crippen LogP contribution is -2.27. The Balaban J connectivity index is 2.04. The van der Waals surface area contributed by atoms with Crippen molar-refractivity contribution in [3.05, 3.63) is 23.8 Å². The molecule has 0 amide bonds. The molecule has 0 unspecified atom stereocenters. The molecule has 2 rings (SSSR count). The fourth-order valence-corrected chi connectivity index (χ4v) is 2.25. The third-order valence-corrected chi connectivity index (χ3v) is 3.23. The summed E-state index contributed by atoms with van der Waals surface area (Å²) in [5.74, 6) is 0.539. The van der Waals surface area contributed by atoms with E-state index in [2.05, 4.69) is 10.2 Å². The van der Waals surface area contributed by atoms with Gasteiger partial charge in [-0.3, -0.25) is 0 Å². The van der Waals surface area contributed by atoms with Gasteiger partial charge in [-0.05, 0) is 43.7 Å². The lowest BCUT2D eigenvalue weighted by atomic mass is 10.2. The molecule has 0 atom stereocenters. The van der Waals surface area contributed by atoms with E-state index in [1.807, 2.05) is 19.1 Å². The quantitative estimate of drug-likeness (QED) is 0.909. The lowest BCUT2D eigenvalue weighted by Gasteiger charge is -2.23. The van der Waals surface area contributed by atoms with Crippen molar-refractivity contribution in [3.63, 3.8) is 0 Å². The SMILES string of the molecule is Cc1cc(N2CCCNCC2)ccc1OCC(F)F. The van der Waals surface area contributed by atoms with Crippen molar-refractivity contribution in [3.8, 4) is 5.75 Å². The minimum absolute atomic E-state index is 0.539. The summed E-state index contributed by atoms with van der Waals surface area (Å²) in [5, 5.41) is 3.36. The number of alkyl halides is 2. The second-order valence-corrected chi connectivity index (χ2v) is 4.74. The normalized spacial score (nSPS) is 16.5. The molecule has 0 spiro atoms. The highest BCUT2D eigenvalue weighted by molar-refractivity contribution is 5.53. The zero-order chi connectivity index (χ0) is 13.7. The van der Waals surface area contributed by atoms with Gasteiger partial charge in [-0.2, -0.15) is 0 Å². The number of anilines is 1. The molecule has 1 N–H and O–H groups in total. The minimum Gasteiger partial charge on any atom is -0.487 e. The van der Waals surface area contributed by atoms with E-state index in [1.165, 1.54) is 0 Å². The highest BCUT2D eigenvalue weighted by atomic mass is 19.3. The van der Waals surface area contributed by atoms with Gasteiger partial charge in [0.1, 0.15) is 12.4 Å². The standard InChI is InChI=1S/C14H20F2N2O/c1-11-9-12(18-7-2-5-17-6-8-18)3-4-13(11)19-10-14(15)16/h3-4,9,14,17H,2,5-8,10H2,1H3. The molecule has 1 aliphatic heterocycles. The van der Waals surface area contributed by atoms with Gasteiger partial charge >= 0.3 is 0 Å². The van der Waals surface area contributed by atoms with Crippen LogP contribution < -0.4 is 15.0 Å². The maximum absolute atomic E-state index is 12.1. The molecule has 0 radical (unpaired) electrons. The van der Waals surface area contributed by atoms with Crippen LogP contribution in [0.15, 0.2) is 18.2 Å². The van der Waals surface area contributed by atoms with Gasteiger partial charge in [-0.25, -0.2) is 8.78 Å². The summed E-state index contributed by atoms with van der Waals surface area (Å²) in [4.78, 5) is 2.31. The fourth-order valence-electron chi connectivity index (χ4n) is 2.25. The molecule has 0 saturated carbocycles. The predicted octanol–water partition coefficient (Wildman–Crippen LogP) is 2.44. The van der Waals surface area contributed by atoms with E-state index in [0.29, 0.717) is 5.75 Å². The number of nitrogens with zero attached hydrogens (tertiary/aromatic N) is 1. The van der Waals surface area contributed by atoms with Gasteiger partial charge in [0.2, 0.25) is 0 Å². The zero-order valence-electron chi connectivity index (χ0n) is 11.2. The summed E-state index contributed by atoms with van der Waals surface area (Å²) in [6.07, 6.45) is -1.32. The molecule has 1 aromatic rings. The number of hydrogen-bond acceptors (Lipinski definition) is 3. The van der Waals surface area contributed by atoms with Gasteiger partial charge in [0.15, 0.2) is 0 Å². The van der Waals surface area contributed by atoms with E-state index in [-0.39, 0.29) is 0 Å². The lowest BCUT2D eigenvalue weighted by molar-refractivity contribution is 0.0816. The Kier molecular flexibility index (Phi) is 4.96. The van der Waals surface area contributed by atoms with Crippen LogP contribution in [-0.2, 0) is 0 Å². The average Bonchev–Trinajstić information content (AvgIpc) is 2.66. The van der Waals surface area contributed by atoms with Crippen LogP contribution in [-0.4, -0.2) is 39.2 Å². The van der Waals surface area contributed by atoms with E-state index in [4.69, 9.17) is 4.74 Å². The first-order valence-electron chi connectivity index (χ1n) is 6.64. The Morgan fingerprint density at radius 1 is 1.32 bits per heavy atom. The van der Waals surface area contributed by atoms with Crippen molar-refractivity contribution in [1.29, 1.82) is 0 Å². The molecule has 0 bridgehead atoms. The van der Waals surface area contributed by atoms with Crippen LogP contribution in [0.1, 0.15) is 12.0 Å². The highest BCUT2D eigenvalue weighted by Crippen LogP contribution is 2.25. The van der Waals surface area contributed by atoms with Gasteiger partial charge in [-0.1, -0.05) is 0 Å². The van der Waals surface area contributed by atoms with Crippen molar-refractivity contribution in [2.45, 2.75) is 19.8 Å². The summed E-state index contributed by atoms with van der Waals surface area (Å²) >= 11 is 0. The van der Waals surface area contributed by atoms with Crippen LogP contribution >= 0.6 is 0 Å². The molecular weight excluding hydrogens is 250 g/mol. The average molecular weight is 270 g/mol. The maximum atomic E-state index is 12.1. The fraction of sp³-hybridized carbons (Fsp3) is 0.571. The molecule has 1 aliphatic rings. The highest BCUT2D eigenvalue weighted by Gasteiger charge is 2.11. The van der Waals surface area contributed by atoms with E-state index < -0.39 is 13.0 Å². The van der Waals surface area contributed by atoms with Crippen molar-refractivity contribution in [2.75, 3.05) is 37.7 Å². The van der Waals surface area contributed by atoms with E-state index in [9.17, 15) is 8.78 Å². The Labute approximate surface area is 112 Å². The van der Waals surface area contributed by atoms with Crippen molar-refractivity contribution >= 4 is 5.69 Å². The first kappa shape index (κ1) is 14.1. The predicted molar refractivity (Wildman–Crippen MR) is 72.4 cm³/mol. The van der Waals surface area contributed by atoms with Crippen LogP contribution in [0.25, 0.3) is 0 Å². The van der Waals surface area contributed by atoms with Crippen LogP contribution in [0.4, 0.5) is 14.5 Å². The summed E-state index contributed by atoms with van der Waals surface area (Å²) in [5.41, 5.74) is 2.03. The van der Waals surface area contributed by atoms with Gasteiger partial charge in [0.25, 0.3) is 6.43 Å². The molecule has 1 fully saturated rings. The van der Waals surface area contributed by atoms with E-state index >= 15 is 0 Å². The van der Waals surface area contributed by atoms with Gasteiger partial charge in [-0.15, -0.1) is 0 Å². The molecule has 106 valence electrons. The molecule has 0 aliphatic carbocycles. The molecule has 0 aromatic heterocycles. The van der Waals surface area contributed by atoms with Crippen LogP contribution in [0.5, 0.6) is 5.75 Å². The molecule has 1 saturated heterocycles. The number of nitrogens with one attached hydrogen (secondary N) is 1. The number of ether oxygens (including phenoxy) is 1. The maximum Gasteiger partial charge on any atom is 0.272 e. The minimum atomic E-state index is -2.43. The number of rotatable bonds is 4. The van der Waals surface area contributed by atoms with E-state index in [0.717, 1.165) is 43.9 Å². The van der Waals surface area contributed by atoms with Crippen LogP contribution in [0.3, 0.4) is 0 Å². The largest absolute Gasteiger partial charge is 0.487 e. The Bertz CT molecular complexity index is 404. The third kappa shape index (κ3) is 4.06. The van der Waals surface area contributed by atoms with Gasteiger partial charge in [0, 0.05) is 25.3 Å². The smallest absolute Gasteiger partial charge is 0.272 e. The second-order valence-electron chi connectivity index (χ2n) is 4.74. The second kappa shape index (κ2) is 6.70. The summed E-state index contributed by atoms with van der Waals surface area (Å²) in [7, 11) is 0. The number of hydrogen-bond donors (Lipinski definition) is 1. The number of benzene rings is 1. The molecule has 1 aromatic carbocycles. The summed E-state index contributed by atoms with van der Waals surface area (Å²) in [6.45, 7) is 5.35. The molecule has 5 heteroatoms. The van der Waals surface area contributed by atoms with Crippen molar-refractivity contribution < 1.29 is 13.5 Å². The van der Waals surface area contributed by atoms with Gasteiger partial charge < -0.3 is 15.0 Å². The Morgan fingerprint density at radius 3 is 2.89 bits per heavy atom. The number of halogens is 2. The number of aryl methyl sites for hydroxylation is 1. The summed E-state index contributed by atoms with van der Waals surface area (Å²) < 4.78 is 29.3. The van der Waals surface area contributed by atoms with Crippen LogP contribution in [0, 0.1) is 6.92 Å². The van der Waals surface area contributed by atoms with Crippen molar-refractivity contribution in [2.24, 2.45) is 0 Å². The Hall–Kier alpha value is -1.36.